The summed E-state index contributed by atoms with van der Waals surface area (Å²) in [6, 6.07) is 3.72. The molecule has 0 radical (unpaired) electrons. The number of rotatable bonds is 3. The lowest BCUT2D eigenvalue weighted by molar-refractivity contribution is 0.333. The van der Waals surface area contributed by atoms with E-state index in [2.05, 4.69) is 25.1 Å². The van der Waals surface area contributed by atoms with Crippen LogP contribution < -0.4 is 0 Å². The van der Waals surface area contributed by atoms with Crippen LogP contribution in [0.5, 0.6) is 0 Å². The normalized spacial score (nSPS) is 20.8. The molecule has 1 N–H and O–H groups in total. The molecular formula is C15H14N7O2S-. The molecule has 10 heteroatoms. The summed E-state index contributed by atoms with van der Waals surface area (Å²) in [5.74, 6) is 0.754. The van der Waals surface area contributed by atoms with Crippen molar-refractivity contribution in [2.45, 2.75) is 24.6 Å². The third-order valence-electron chi connectivity index (χ3n) is 4.52. The minimum Gasteiger partial charge on any atom is -0.770 e. The van der Waals surface area contributed by atoms with Crippen molar-refractivity contribution in [1.82, 2.24) is 30.0 Å². The first kappa shape index (κ1) is 16.0. The Labute approximate surface area is 145 Å². The lowest BCUT2D eigenvalue weighted by Gasteiger charge is -2.23. The third-order valence-corrected chi connectivity index (χ3v) is 5.29. The quantitative estimate of drug-likeness (QED) is 0.679. The molecule has 3 atom stereocenters. The molecule has 0 aromatic carbocycles. The molecule has 25 heavy (non-hydrogen) atoms. The summed E-state index contributed by atoms with van der Waals surface area (Å²) in [6.45, 7) is 2.85. The SMILES string of the molecule is Cc1nc2nnc3nccc3c2c(C2CCN(C(C#N)S(=O)[O-])C2)[nH]1. The highest BCUT2D eigenvalue weighted by Gasteiger charge is 2.32. The Morgan fingerprint density at radius 3 is 3.04 bits per heavy atom. The number of nitriles is 1. The summed E-state index contributed by atoms with van der Waals surface area (Å²) < 4.78 is 22.5. The predicted octanol–water partition coefficient (Wildman–Crippen LogP) is 0.728. The second-order valence-corrected chi connectivity index (χ2v) is 7.01. The van der Waals surface area contributed by atoms with Crippen molar-refractivity contribution in [2.75, 3.05) is 13.1 Å². The van der Waals surface area contributed by atoms with Crippen LogP contribution in [0.15, 0.2) is 12.3 Å². The lowest BCUT2D eigenvalue weighted by atomic mass is 10.00. The van der Waals surface area contributed by atoms with Crippen molar-refractivity contribution < 1.29 is 8.76 Å². The highest BCUT2D eigenvalue weighted by Crippen LogP contribution is 2.34. The van der Waals surface area contributed by atoms with Crippen molar-refractivity contribution in [3.8, 4) is 6.07 Å². The number of hydrogen-bond donors (Lipinski definition) is 1. The molecule has 3 aromatic rings. The first-order chi connectivity index (χ1) is 12.1. The van der Waals surface area contributed by atoms with E-state index in [0.717, 1.165) is 22.9 Å². The first-order valence-corrected chi connectivity index (χ1v) is 8.91. The Morgan fingerprint density at radius 2 is 2.28 bits per heavy atom. The van der Waals surface area contributed by atoms with Crippen LogP contribution in [0.1, 0.15) is 23.9 Å². The summed E-state index contributed by atoms with van der Waals surface area (Å²) in [7, 11) is 0. The van der Waals surface area contributed by atoms with Crippen molar-refractivity contribution in [2.24, 2.45) is 0 Å². The zero-order chi connectivity index (χ0) is 17.6. The fraction of sp³-hybridized carbons (Fsp3) is 0.400. The van der Waals surface area contributed by atoms with E-state index in [1.54, 1.807) is 11.1 Å². The Bertz CT molecular complexity index is 1030. The van der Waals surface area contributed by atoms with Crippen LogP contribution in [0.25, 0.3) is 22.1 Å². The minimum atomic E-state index is -2.45. The third kappa shape index (κ3) is 2.66. The van der Waals surface area contributed by atoms with Gasteiger partial charge in [-0.25, -0.2) is 9.97 Å². The summed E-state index contributed by atoms with van der Waals surface area (Å²) in [5, 5.41) is 18.0. The van der Waals surface area contributed by atoms with Crippen molar-refractivity contribution in [3.05, 3.63) is 23.8 Å². The zero-order valence-corrected chi connectivity index (χ0v) is 14.2. The standard InChI is InChI=1S/C15H15N7O2S/c1-8-18-13(9-3-5-22(7-9)11(6-16)25(23)24)12-10-2-4-17-14(10)20-21-15(12)19-8/h2,4,9,11H,3,5,7H2,1H3,(H,23,24)(H,18,19,21)/p-1. The van der Waals surface area contributed by atoms with Gasteiger partial charge in [-0.05, 0) is 30.5 Å². The molecule has 3 unspecified atom stereocenters. The van der Waals surface area contributed by atoms with E-state index in [0.29, 0.717) is 30.2 Å². The lowest BCUT2D eigenvalue weighted by Crippen LogP contribution is -2.35. The molecule has 128 valence electrons. The van der Waals surface area contributed by atoms with E-state index in [9.17, 15) is 8.76 Å². The van der Waals surface area contributed by atoms with Gasteiger partial charge < -0.3 is 9.54 Å². The zero-order valence-electron chi connectivity index (χ0n) is 13.3. The second-order valence-electron chi connectivity index (χ2n) is 6.04. The molecular weight excluding hydrogens is 342 g/mol. The van der Waals surface area contributed by atoms with Crippen LogP contribution in [-0.4, -0.2) is 57.3 Å². The van der Waals surface area contributed by atoms with E-state index in [1.807, 2.05) is 19.1 Å². The molecule has 9 nitrogen and oxygen atoms in total. The van der Waals surface area contributed by atoms with E-state index < -0.39 is 16.5 Å². The summed E-state index contributed by atoms with van der Waals surface area (Å²) in [4.78, 5) is 13.6. The van der Waals surface area contributed by atoms with E-state index >= 15 is 0 Å². The van der Waals surface area contributed by atoms with E-state index in [4.69, 9.17) is 5.26 Å². The number of hydrogen-bond acceptors (Lipinski definition) is 8. The fourth-order valence-corrected chi connectivity index (χ4v) is 3.96. The minimum absolute atomic E-state index is 0.0471. The number of aromatic amines is 1. The van der Waals surface area contributed by atoms with Crippen molar-refractivity contribution >= 4 is 33.1 Å². The Kier molecular flexibility index (Phi) is 3.91. The molecule has 4 heterocycles. The van der Waals surface area contributed by atoms with Gasteiger partial charge in [0.25, 0.3) is 0 Å². The highest BCUT2D eigenvalue weighted by atomic mass is 32.2. The Hall–Kier alpha value is -2.48. The predicted molar refractivity (Wildman–Crippen MR) is 89.0 cm³/mol. The van der Waals surface area contributed by atoms with Crippen LogP contribution in [0.3, 0.4) is 0 Å². The monoisotopic (exact) mass is 356 g/mol. The van der Waals surface area contributed by atoms with E-state index in [1.165, 1.54) is 0 Å². The van der Waals surface area contributed by atoms with Crippen LogP contribution in [0.4, 0.5) is 0 Å². The number of nitrogens with zero attached hydrogens (tertiary/aromatic N) is 6. The average molecular weight is 356 g/mol. The van der Waals surface area contributed by atoms with Gasteiger partial charge in [-0.1, -0.05) is 0 Å². The molecule has 1 saturated heterocycles. The maximum atomic E-state index is 11.3. The summed E-state index contributed by atoms with van der Waals surface area (Å²) >= 11 is -2.45. The van der Waals surface area contributed by atoms with Crippen LogP contribution in [0.2, 0.25) is 0 Å². The fourth-order valence-electron chi connectivity index (χ4n) is 3.44. The maximum Gasteiger partial charge on any atom is 0.185 e. The molecule has 4 rings (SSSR count). The largest absolute Gasteiger partial charge is 0.770 e. The van der Waals surface area contributed by atoms with Gasteiger partial charge in [0.2, 0.25) is 0 Å². The Balaban J connectivity index is 1.81. The van der Waals surface area contributed by atoms with Gasteiger partial charge in [-0.15, -0.1) is 10.2 Å². The number of likely N-dealkylation sites (tertiary alicyclic amines) is 1. The number of aromatic nitrogens is 5. The van der Waals surface area contributed by atoms with Gasteiger partial charge >= 0.3 is 0 Å². The molecule has 0 saturated carbocycles. The van der Waals surface area contributed by atoms with Crippen molar-refractivity contribution in [1.29, 1.82) is 5.26 Å². The molecule has 0 aliphatic carbocycles. The molecule has 0 bridgehead atoms. The maximum absolute atomic E-state index is 11.3. The number of aryl methyl sites for hydroxylation is 1. The van der Waals surface area contributed by atoms with Crippen LogP contribution in [-0.2, 0) is 11.1 Å². The smallest absolute Gasteiger partial charge is 0.185 e. The molecule has 1 aliphatic heterocycles. The number of fused-ring (bicyclic) bond motifs is 3. The van der Waals surface area contributed by atoms with Gasteiger partial charge in [0.1, 0.15) is 5.82 Å². The van der Waals surface area contributed by atoms with Gasteiger partial charge in [0.15, 0.2) is 16.7 Å². The molecule has 1 aliphatic rings. The van der Waals surface area contributed by atoms with Gasteiger partial charge in [-0.3, -0.25) is 9.11 Å². The van der Waals surface area contributed by atoms with Gasteiger partial charge in [0, 0.05) is 36.3 Å². The molecule has 0 amide bonds. The average Bonchev–Trinajstić information content (AvgIpc) is 3.23. The van der Waals surface area contributed by atoms with Gasteiger partial charge in [0.05, 0.1) is 11.5 Å². The first-order valence-electron chi connectivity index (χ1n) is 7.78. The Morgan fingerprint density at radius 1 is 1.48 bits per heavy atom. The van der Waals surface area contributed by atoms with Crippen molar-refractivity contribution in [3.63, 3.8) is 0 Å². The summed E-state index contributed by atoms with van der Waals surface area (Å²) in [5.41, 5.74) is 2.03. The topological polar surface area (TPSA) is 135 Å². The van der Waals surface area contributed by atoms with Crippen LogP contribution in [0, 0.1) is 18.3 Å². The van der Waals surface area contributed by atoms with E-state index in [-0.39, 0.29) is 5.92 Å². The highest BCUT2D eigenvalue weighted by molar-refractivity contribution is 7.80. The second kappa shape index (κ2) is 6.11. The molecule has 0 spiro atoms. The summed E-state index contributed by atoms with van der Waals surface area (Å²) in [6.07, 6.45) is 2.41. The van der Waals surface area contributed by atoms with Gasteiger partial charge in [-0.2, -0.15) is 5.26 Å². The van der Waals surface area contributed by atoms with Crippen LogP contribution >= 0.6 is 0 Å². The number of nitrogens with one attached hydrogen (secondary N) is 1. The molecule has 3 aromatic heterocycles. The molecule has 1 fully saturated rings. The number of H-pyrrole nitrogens is 1.